The van der Waals surface area contributed by atoms with E-state index in [9.17, 15) is 0 Å². The molecule has 0 aliphatic carbocycles. The number of hydrogen-bond donors (Lipinski definition) is 2. The topological polar surface area (TPSA) is 68.2 Å². The molecule has 3 rings (SSSR count). The first kappa shape index (κ1) is 15.8. The average Bonchev–Trinajstić information content (AvgIpc) is 3.01. The van der Waals surface area contributed by atoms with Crippen molar-refractivity contribution in [3.05, 3.63) is 83.7 Å². The Labute approximate surface area is 141 Å². The second kappa shape index (κ2) is 7.46. The molecular formula is C19H21N5. The van der Waals surface area contributed by atoms with Crippen LogP contribution >= 0.6 is 0 Å². The molecule has 3 aromatic rings. The van der Waals surface area contributed by atoms with E-state index in [4.69, 9.17) is 5.73 Å². The van der Waals surface area contributed by atoms with Crippen LogP contribution in [0.2, 0.25) is 0 Å². The van der Waals surface area contributed by atoms with Crippen LogP contribution in [-0.4, -0.2) is 15.7 Å². The summed E-state index contributed by atoms with van der Waals surface area (Å²) in [6.07, 6.45) is 3.82. The summed E-state index contributed by atoms with van der Waals surface area (Å²) in [5.41, 5.74) is 10.3. The predicted molar refractivity (Wildman–Crippen MR) is 97.9 cm³/mol. The number of aliphatic imine (C=N–C) groups is 1. The molecule has 2 aromatic carbocycles. The van der Waals surface area contributed by atoms with Gasteiger partial charge in [0.05, 0.1) is 19.3 Å². The third kappa shape index (κ3) is 4.46. The normalized spacial score (nSPS) is 11.5. The van der Waals surface area contributed by atoms with Gasteiger partial charge in [-0.15, -0.1) is 0 Å². The van der Waals surface area contributed by atoms with Crippen molar-refractivity contribution >= 4 is 11.6 Å². The highest BCUT2D eigenvalue weighted by atomic mass is 15.3. The van der Waals surface area contributed by atoms with Crippen LogP contribution in [0.1, 0.15) is 16.7 Å². The van der Waals surface area contributed by atoms with Crippen LogP contribution in [-0.2, 0) is 13.1 Å². The highest BCUT2D eigenvalue weighted by Gasteiger charge is 2.00. The van der Waals surface area contributed by atoms with Crippen molar-refractivity contribution in [1.29, 1.82) is 0 Å². The summed E-state index contributed by atoms with van der Waals surface area (Å²) in [5, 5.41) is 7.47. The molecule has 0 bridgehead atoms. The summed E-state index contributed by atoms with van der Waals surface area (Å²) in [5.74, 6) is 0.399. The lowest BCUT2D eigenvalue weighted by Crippen LogP contribution is -2.22. The molecular weight excluding hydrogens is 298 g/mol. The number of aromatic nitrogens is 2. The fraction of sp³-hybridized carbons (Fsp3) is 0.158. The van der Waals surface area contributed by atoms with Gasteiger partial charge in [0.25, 0.3) is 0 Å². The van der Waals surface area contributed by atoms with Crippen molar-refractivity contribution in [1.82, 2.24) is 9.78 Å². The standard InChI is InChI=1S/C19H21N5/c1-15-6-5-9-18(10-15)23-19(20)21-11-17-12-22-24(14-17)13-16-7-3-2-4-8-16/h2-10,12,14H,11,13H2,1H3,(H3,20,21,23). The van der Waals surface area contributed by atoms with E-state index in [0.717, 1.165) is 17.8 Å². The second-order valence-corrected chi connectivity index (χ2v) is 5.73. The SMILES string of the molecule is Cc1cccc(NC(N)=NCc2cnn(Cc3ccccc3)c2)c1. The summed E-state index contributed by atoms with van der Waals surface area (Å²) in [4.78, 5) is 4.37. The first-order valence-electron chi connectivity index (χ1n) is 7.88. The molecule has 0 unspecified atom stereocenters. The van der Waals surface area contributed by atoms with Gasteiger partial charge in [0, 0.05) is 17.4 Å². The molecule has 5 heteroatoms. The molecule has 1 aromatic heterocycles. The number of anilines is 1. The van der Waals surface area contributed by atoms with Crippen LogP contribution in [0.3, 0.4) is 0 Å². The number of nitrogens with two attached hydrogens (primary N) is 1. The van der Waals surface area contributed by atoms with E-state index in [-0.39, 0.29) is 0 Å². The lowest BCUT2D eigenvalue weighted by Gasteiger charge is -2.05. The van der Waals surface area contributed by atoms with E-state index >= 15 is 0 Å². The van der Waals surface area contributed by atoms with Crippen molar-refractivity contribution < 1.29 is 0 Å². The molecule has 0 spiro atoms. The molecule has 0 aliphatic heterocycles. The maximum Gasteiger partial charge on any atom is 0.193 e. The molecule has 0 saturated heterocycles. The smallest absolute Gasteiger partial charge is 0.193 e. The average molecular weight is 319 g/mol. The van der Waals surface area contributed by atoms with Gasteiger partial charge in [0.2, 0.25) is 0 Å². The molecule has 24 heavy (non-hydrogen) atoms. The number of nitrogens with zero attached hydrogens (tertiary/aromatic N) is 3. The Bertz CT molecular complexity index is 821. The van der Waals surface area contributed by atoms with E-state index < -0.39 is 0 Å². The molecule has 0 fully saturated rings. The molecule has 0 aliphatic rings. The Morgan fingerprint density at radius 3 is 2.75 bits per heavy atom. The van der Waals surface area contributed by atoms with Crippen molar-refractivity contribution in [3.63, 3.8) is 0 Å². The zero-order chi connectivity index (χ0) is 16.8. The van der Waals surface area contributed by atoms with Crippen molar-refractivity contribution in [2.45, 2.75) is 20.0 Å². The van der Waals surface area contributed by atoms with Crippen LogP contribution < -0.4 is 11.1 Å². The maximum absolute atomic E-state index is 5.95. The van der Waals surface area contributed by atoms with E-state index in [1.54, 1.807) is 0 Å². The first-order chi connectivity index (χ1) is 11.7. The number of rotatable bonds is 5. The summed E-state index contributed by atoms with van der Waals surface area (Å²) in [7, 11) is 0. The van der Waals surface area contributed by atoms with Gasteiger partial charge < -0.3 is 11.1 Å². The summed E-state index contributed by atoms with van der Waals surface area (Å²) in [6, 6.07) is 18.3. The zero-order valence-electron chi connectivity index (χ0n) is 13.7. The van der Waals surface area contributed by atoms with Gasteiger partial charge in [0.15, 0.2) is 5.96 Å². The summed E-state index contributed by atoms with van der Waals surface area (Å²) < 4.78 is 1.91. The molecule has 122 valence electrons. The van der Waals surface area contributed by atoms with Gasteiger partial charge in [0.1, 0.15) is 0 Å². The van der Waals surface area contributed by atoms with Gasteiger partial charge in [-0.2, -0.15) is 5.10 Å². The van der Waals surface area contributed by atoms with Crippen molar-refractivity contribution in [2.75, 3.05) is 5.32 Å². The van der Waals surface area contributed by atoms with Gasteiger partial charge in [-0.25, -0.2) is 4.99 Å². The summed E-state index contributed by atoms with van der Waals surface area (Å²) in [6.45, 7) is 3.29. The largest absolute Gasteiger partial charge is 0.370 e. The van der Waals surface area contributed by atoms with Crippen LogP contribution in [0.15, 0.2) is 72.0 Å². The van der Waals surface area contributed by atoms with Gasteiger partial charge in [-0.1, -0.05) is 42.5 Å². The monoisotopic (exact) mass is 319 g/mol. The third-order valence-corrected chi connectivity index (χ3v) is 3.60. The molecule has 0 amide bonds. The van der Waals surface area contributed by atoms with Crippen LogP contribution in [0, 0.1) is 6.92 Å². The molecule has 3 N–H and O–H groups in total. The number of hydrogen-bond acceptors (Lipinski definition) is 2. The minimum atomic E-state index is 0.399. The van der Waals surface area contributed by atoms with Crippen molar-refractivity contribution in [3.8, 4) is 0 Å². The fourth-order valence-electron chi connectivity index (χ4n) is 2.43. The zero-order valence-corrected chi connectivity index (χ0v) is 13.7. The summed E-state index contributed by atoms with van der Waals surface area (Å²) >= 11 is 0. The Kier molecular flexibility index (Phi) is 4.91. The maximum atomic E-state index is 5.95. The molecule has 0 saturated carbocycles. The first-order valence-corrected chi connectivity index (χ1v) is 7.88. The molecule has 0 atom stereocenters. The fourth-order valence-corrected chi connectivity index (χ4v) is 2.43. The number of nitrogens with one attached hydrogen (secondary N) is 1. The van der Waals surface area contributed by atoms with E-state index in [2.05, 4.69) is 27.5 Å². The van der Waals surface area contributed by atoms with E-state index in [1.807, 2.05) is 66.5 Å². The van der Waals surface area contributed by atoms with Gasteiger partial charge in [-0.3, -0.25) is 4.68 Å². The Morgan fingerprint density at radius 1 is 1.12 bits per heavy atom. The van der Waals surface area contributed by atoms with Crippen molar-refractivity contribution in [2.24, 2.45) is 10.7 Å². The predicted octanol–water partition coefficient (Wildman–Crippen LogP) is 3.17. The Hall–Kier alpha value is -3.08. The number of benzene rings is 2. The minimum Gasteiger partial charge on any atom is -0.370 e. The lowest BCUT2D eigenvalue weighted by atomic mass is 10.2. The highest BCUT2D eigenvalue weighted by molar-refractivity contribution is 5.92. The molecule has 1 heterocycles. The third-order valence-electron chi connectivity index (χ3n) is 3.60. The molecule has 0 radical (unpaired) electrons. The Morgan fingerprint density at radius 2 is 1.96 bits per heavy atom. The Balaban J connectivity index is 1.58. The molecule has 5 nitrogen and oxygen atoms in total. The van der Waals surface area contributed by atoms with Gasteiger partial charge >= 0.3 is 0 Å². The quantitative estimate of drug-likeness (QED) is 0.560. The van der Waals surface area contributed by atoms with E-state index in [0.29, 0.717) is 12.5 Å². The van der Waals surface area contributed by atoms with Crippen LogP contribution in [0.5, 0.6) is 0 Å². The van der Waals surface area contributed by atoms with Gasteiger partial charge in [-0.05, 0) is 30.2 Å². The number of guanidine groups is 1. The second-order valence-electron chi connectivity index (χ2n) is 5.73. The van der Waals surface area contributed by atoms with Crippen LogP contribution in [0.4, 0.5) is 5.69 Å². The number of aryl methyl sites for hydroxylation is 1. The highest BCUT2D eigenvalue weighted by Crippen LogP contribution is 2.09. The van der Waals surface area contributed by atoms with Crippen LogP contribution in [0.25, 0.3) is 0 Å². The lowest BCUT2D eigenvalue weighted by molar-refractivity contribution is 0.686. The van der Waals surface area contributed by atoms with E-state index in [1.165, 1.54) is 11.1 Å². The minimum absolute atomic E-state index is 0.399.